The highest BCUT2D eigenvalue weighted by Crippen LogP contribution is 2.15. The van der Waals surface area contributed by atoms with Crippen molar-refractivity contribution < 1.29 is 9.15 Å². The number of fused-ring (bicyclic) bond motifs is 1. The van der Waals surface area contributed by atoms with Crippen LogP contribution in [0.2, 0.25) is 0 Å². The molecule has 4 nitrogen and oxygen atoms in total. The summed E-state index contributed by atoms with van der Waals surface area (Å²) in [5.41, 5.74) is -0.0709. The monoisotopic (exact) mass is 177 g/mol. The first-order valence-corrected chi connectivity index (χ1v) is 3.73. The lowest BCUT2D eigenvalue weighted by Gasteiger charge is -1.98. The molecule has 0 saturated carbocycles. The Morgan fingerprint density at radius 1 is 1.46 bits per heavy atom. The third-order valence-electron chi connectivity index (χ3n) is 1.69. The Balaban J connectivity index is 2.73. The van der Waals surface area contributed by atoms with E-state index in [4.69, 9.17) is 9.15 Å². The van der Waals surface area contributed by atoms with Gasteiger partial charge in [0, 0.05) is 11.5 Å². The summed E-state index contributed by atoms with van der Waals surface area (Å²) in [5.74, 6) is 0.640. The summed E-state index contributed by atoms with van der Waals surface area (Å²) >= 11 is 0. The van der Waals surface area contributed by atoms with Gasteiger partial charge in [0.2, 0.25) is 5.71 Å². The second-order valence-corrected chi connectivity index (χ2v) is 2.52. The number of pyridine rings is 1. The molecule has 2 aromatic heterocycles. The van der Waals surface area contributed by atoms with E-state index in [1.54, 1.807) is 19.2 Å². The first kappa shape index (κ1) is 7.79. The van der Waals surface area contributed by atoms with Crippen LogP contribution < -0.4 is 10.4 Å². The molecule has 0 aliphatic carbocycles. The molecule has 66 valence electrons. The molecule has 0 radical (unpaired) electrons. The Kier molecular flexibility index (Phi) is 1.73. The molecular weight excluding hydrogens is 170 g/mol. The summed E-state index contributed by atoms with van der Waals surface area (Å²) < 4.78 is 9.81. The van der Waals surface area contributed by atoms with Gasteiger partial charge < -0.3 is 9.15 Å². The van der Waals surface area contributed by atoms with Crippen molar-refractivity contribution in [1.29, 1.82) is 0 Å². The molecule has 0 spiro atoms. The summed E-state index contributed by atoms with van der Waals surface area (Å²) in [6.07, 6.45) is 1.51. The number of rotatable bonds is 1. The smallest absolute Gasteiger partial charge is 0.337 e. The fourth-order valence-electron chi connectivity index (χ4n) is 1.05. The molecule has 0 fully saturated rings. The molecule has 0 bridgehead atoms. The fraction of sp³-hybridized carbons (Fsp3) is 0.111. The van der Waals surface area contributed by atoms with Gasteiger partial charge in [-0.1, -0.05) is 0 Å². The number of hydrogen-bond donors (Lipinski definition) is 0. The first-order valence-electron chi connectivity index (χ1n) is 3.73. The molecule has 2 rings (SSSR count). The normalized spacial score (nSPS) is 10.2. The van der Waals surface area contributed by atoms with Gasteiger partial charge in [0.1, 0.15) is 5.75 Å². The number of aromatic nitrogens is 1. The predicted molar refractivity (Wildman–Crippen MR) is 46.8 cm³/mol. The van der Waals surface area contributed by atoms with Crippen LogP contribution in [0.15, 0.2) is 33.6 Å². The molecular formula is C9H7NO3. The van der Waals surface area contributed by atoms with Crippen LogP contribution in [0.25, 0.3) is 11.1 Å². The van der Waals surface area contributed by atoms with Crippen molar-refractivity contribution in [3.8, 4) is 5.75 Å². The highest BCUT2D eigenvalue weighted by atomic mass is 16.5. The molecule has 2 aromatic rings. The second kappa shape index (κ2) is 2.90. The van der Waals surface area contributed by atoms with E-state index in [-0.39, 0.29) is 0 Å². The number of hydrogen-bond acceptors (Lipinski definition) is 4. The van der Waals surface area contributed by atoms with Gasteiger partial charge in [-0.15, -0.1) is 0 Å². The number of ether oxygens (including phenoxy) is 1. The van der Waals surface area contributed by atoms with Crippen LogP contribution >= 0.6 is 0 Å². The third kappa shape index (κ3) is 1.38. The average Bonchev–Trinajstić information content (AvgIpc) is 2.17. The topological polar surface area (TPSA) is 52.3 Å². The molecule has 0 N–H and O–H groups in total. The largest absolute Gasteiger partial charge is 0.495 e. The second-order valence-electron chi connectivity index (χ2n) is 2.52. The zero-order chi connectivity index (χ0) is 9.26. The summed E-state index contributed by atoms with van der Waals surface area (Å²) in [4.78, 5) is 14.7. The van der Waals surface area contributed by atoms with Gasteiger partial charge in [-0.25, -0.2) is 9.78 Å². The lowest BCUT2D eigenvalue weighted by molar-refractivity contribution is 0.413. The fourth-order valence-corrected chi connectivity index (χ4v) is 1.05. The van der Waals surface area contributed by atoms with Crippen molar-refractivity contribution in [2.45, 2.75) is 0 Å². The molecule has 4 heteroatoms. The van der Waals surface area contributed by atoms with Gasteiger partial charge in [0.15, 0.2) is 0 Å². The standard InChI is InChI=1S/C9H7NO3/c1-12-7-4-6-2-3-8(11)13-9(6)10-5-7/h2-5H,1H3. The SMILES string of the molecule is COc1cnc2oc(=O)ccc2c1. The maximum Gasteiger partial charge on any atom is 0.337 e. The van der Waals surface area contributed by atoms with Gasteiger partial charge in [0.05, 0.1) is 13.3 Å². The van der Waals surface area contributed by atoms with Crippen LogP contribution in [-0.2, 0) is 0 Å². The highest BCUT2D eigenvalue weighted by Gasteiger charge is 1.99. The van der Waals surface area contributed by atoms with Crippen LogP contribution in [-0.4, -0.2) is 12.1 Å². The van der Waals surface area contributed by atoms with Crippen LogP contribution in [0.1, 0.15) is 0 Å². The minimum Gasteiger partial charge on any atom is -0.495 e. The Morgan fingerprint density at radius 2 is 2.31 bits per heavy atom. The van der Waals surface area contributed by atoms with Crippen molar-refractivity contribution in [2.75, 3.05) is 7.11 Å². The maximum absolute atomic E-state index is 10.8. The Hall–Kier alpha value is -1.84. The molecule has 0 amide bonds. The van der Waals surface area contributed by atoms with E-state index in [1.165, 1.54) is 12.3 Å². The quantitative estimate of drug-likeness (QED) is 0.656. The van der Waals surface area contributed by atoms with E-state index in [0.29, 0.717) is 11.5 Å². The Morgan fingerprint density at radius 3 is 3.08 bits per heavy atom. The first-order chi connectivity index (χ1) is 6.29. The molecule has 0 unspecified atom stereocenters. The van der Waals surface area contributed by atoms with E-state index in [2.05, 4.69) is 4.98 Å². The van der Waals surface area contributed by atoms with Gasteiger partial charge >= 0.3 is 5.63 Å². The summed E-state index contributed by atoms with van der Waals surface area (Å²) in [6.45, 7) is 0. The van der Waals surface area contributed by atoms with Gasteiger partial charge in [0.25, 0.3) is 0 Å². The van der Waals surface area contributed by atoms with E-state index < -0.39 is 5.63 Å². The van der Waals surface area contributed by atoms with E-state index in [9.17, 15) is 4.79 Å². The van der Waals surface area contributed by atoms with E-state index in [0.717, 1.165) is 5.39 Å². The molecule has 0 aliphatic heterocycles. The number of nitrogens with zero attached hydrogens (tertiary/aromatic N) is 1. The molecule has 0 saturated heterocycles. The van der Waals surface area contributed by atoms with Crippen molar-refractivity contribution in [3.63, 3.8) is 0 Å². The minimum atomic E-state index is -0.398. The Labute approximate surface area is 73.8 Å². The van der Waals surface area contributed by atoms with Gasteiger partial charge in [-0.2, -0.15) is 0 Å². The summed E-state index contributed by atoms with van der Waals surface area (Å²) in [7, 11) is 1.56. The molecule has 0 aliphatic rings. The van der Waals surface area contributed by atoms with Crippen molar-refractivity contribution in [2.24, 2.45) is 0 Å². The maximum atomic E-state index is 10.8. The zero-order valence-corrected chi connectivity index (χ0v) is 6.98. The zero-order valence-electron chi connectivity index (χ0n) is 6.98. The van der Waals surface area contributed by atoms with Gasteiger partial charge in [-0.05, 0) is 12.1 Å². The van der Waals surface area contributed by atoms with Gasteiger partial charge in [-0.3, -0.25) is 0 Å². The highest BCUT2D eigenvalue weighted by molar-refractivity contribution is 5.73. The van der Waals surface area contributed by atoms with E-state index >= 15 is 0 Å². The number of methoxy groups -OCH3 is 1. The molecule has 2 heterocycles. The van der Waals surface area contributed by atoms with Crippen molar-refractivity contribution >= 4 is 11.1 Å². The van der Waals surface area contributed by atoms with Crippen LogP contribution in [0.3, 0.4) is 0 Å². The predicted octanol–water partition coefficient (Wildman–Crippen LogP) is 1.20. The van der Waals surface area contributed by atoms with Crippen LogP contribution in [0.4, 0.5) is 0 Å². The summed E-state index contributed by atoms with van der Waals surface area (Å²) in [5, 5.41) is 0.749. The lowest BCUT2D eigenvalue weighted by atomic mass is 10.3. The molecule has 0 aromatic carbocycles. The summed E-state index contributed by atoms with van der Waals surface area (Å²) in [6, 6.07) is 4.76. The minimum absolute atomic E-state index is 0.327. The van der Waals surface area contributed by atoms with Crippen molar-refractivity contribution in [3.05, 3.63) is 34.8 Å². The average molecular weight is 177 g/mol. The van der Waals surface area contributed by atoms with Crippen molar-refractivity contribution in [1.82, 2.24) is 4.98 Å². The van der Waals surface area contributed by atoms with Crippen LogP contribution in [0.5, 0.6) is 5.75 Å². The molecule has 0 atom stereocenters. The Bertz CT molecular complexity index is 489. The third-order valence-corrected chi connectivity index (χ3v) is 1.69. The van der Waals surface area contributed by atoms with E-state index in [1.807, 2.05) is 0 Å². The molecule has 13 heavy (non-hydrogen) atoms. The van der Waals surface area contributed by atoms with Crippen LogP contribution in [0, 0.1) is 0 Å². The lowest BCUT2D eigenvalue weighted by Crippen LogP contribution is -1.95.